The Morgan fingerprint density at radius 1 is 1.09 bits per heavy atom. The number of aliphatic hydroxyl groups is 1. The van der Waals surface area contributed by atoms with Crippen LogP contribution in [-0.4, -0.2) is 10.7 Å². The molecule has 0 spiro atoms. The van der Waals surface area contributed by atoms with Gasteiger partial charge >= 0.3 is 0 Å². The van der Waals surface area contributed by atoms with Crippen LogP contribution >= 0.6 is 0 Å². The molecule has 2 aliphatic carbocycles. The van der Waals surface area contributed by atoms with Gasteiger partial charge in [0.15, 0.2) is 0 Å². The number of rotatable bonds is 0. The second kappa shape index (κ2) is 1.82. The van der Waals surface area contributed by atoms with Crippen LogP contribution in [0.4, 0.5) is 0 Å². The van der Waals surface area contributed by atoms with Gasteiger partial charge in [-0.2, -0.15) is 0 Å². The molecule has 2 bridgehead atoms. The molecule has 0 amide bonds. The molecule has 2 fully saturated rings. The molecular weight excluding hydrogens is 136 g/mol. The molecule has 1 heteroatoms. The summed E-state index contributed by atoms with van der Waals surface area (Å²) in [4.78, 5) is 0. The Bertz CT molecular complexity index is 161. The van der Waals surface area contributed by atoms with Gasteiger partial charge in [-0.25, -0.2) is 0 Å². The molecule has 11 heavy (non-hydrogen) atoms. The highest BCUT2D eigenvalue weighted by atomic mass is 16.3. The highest BCUT2D eigenvalue weighted by molar-refractivity contribution is 5.09. The number of hydrogen-bond donors (Lipinski definition) is 1. The number of hydrogen-bond acceptors (Lipinski definition) is 1. The van der Waals surface area contributed by atoms with Crippen molar-refractivity contribution in [3.05, 3.63) is 0 Å². The Kier molecular flexibility index (Phi) is 1.26. The van der Waals surface area contributed by atoms with Crippen molar-refractivity contribution in [2.45, 2.75) is 45.6 Å². The van der Waals surface area contributed by atoms with Crippen molar-refractivity contribution >= 4 is 0 Å². The molecule has 2 aliphatic rings. The minimum atomic E-state index is -0.393. The summed E-state index contributed by atoms with van der Waals surface area (Å²) in [6.45, 7) is 6.46. The van der Waals surface area contributed by atoms with Crippen molar-refractivity contribution < 1.29 is 5.11 Å². The Labute approximate surface area is 68.8 Å². The van der Waals surface area contributed by atoms with E-state index in [-0.39, 0.29) is 5.41 Å². The standard InChI is InChI=1S/C10H18O/c1-9(2)7-4-5-8(6-7)10(9,3)11/h7-8,11H,4-6H2,1-3H3/t7?,8?,10-/m1/s1. The predicted octanol–water partition coefficient (Wildman–Crippen LogP) is 2.19. The first-order chi connectivity index (χ1) is 4.96. The highest BCUT2D eigenvalue weighted by Crippen LogP contribution is 2.61. The maximum absolute atomic E-state index is 10.2. The first-order valence-electron chi connectivity index (χ1n) is 4.68. The maximum atomic E-state index is 10.2. The normalized spacial score (nSPS) is 53.5. The zero-order chi connectivity index (χ0) is 8.28. The fourth-order valence-electron chi connectivity index (χ4n) is 3.09. The van der Waals surface area contributed by atoms with Crippen LogP contribution in [0, 0.1) is 17.3 Å². The minimum Gasteiger partial charge on any atom is -0.389 e. The van der Waals surface area contributed by atoms with Gasteiger partial charge < -0.3 is 5.11 Å². The summed E-state index contributed by atoms with van der Waals surface area (Å²) in [5, 5.41) is 10.2. The van der Waals surface area contributed by atoms with E-state index in [1.165, 1.54) is 19.3 Å². The van der Waals surface area contributed by atoms with Crippen LogP contribution < -0.4 is 0 Å². The molecule has 0 aromatic heterocycles. The molecule has 2 unspecified atom stereocenters. The van der Waals surface area contributed by atoms with Crippen LogP contribution in [0.1, 0.15) is 40.0 Å². The van der Waals surface area contributed by atoms with Crippen LogP contribution in [0.5, 0.6) is 0 Å². The second-order valence-corrected chi connectivity index (χ2v) is 5.08. The average molecular weight is 154 g/mol. The third kappa shape index (κ3) is 0.703. The highest BCUT2D eigenvalue weighted by Gasteiger charge is 2.59. The molecule has 1 nitrogen and oxygen atoms in total. The summed E-state index contributed by atoms with van der Waals surface area (Å²) in [5.74, 6) is 1.37. The van der Waals surface area contributed by atoms with E-state index < -0.39 is 5.60 Å². The molecule has 0 aromatic rings. The van der Waals surface area contributed by atoms with Crippen molar-refractivity contribution in [1.82, 2.24) is 0 Å². The lowest BCUT2D eigenvalue weighted by Crippen LogP contribution is -2.46. The van der Waals surface area contributed by atoms with Crippen molar-refractivity contribution in [3.8, 4) is 0 Å². The Hall–Kier alpha value is -0.0400. The van der Waals surface area contributed by atoms with Gasteiger partial charge in [0.1, 0.15) is 0 Å². The van der Waals surface area contributed by atoms with Gasteiger partial charge in [0.05, 0.1) is 5.60 Å². The van der Waals surface area contributed by atoms with Crippen molar-refractivity contribution in [3.63, 3.8) is 0 Å². The fraction of sp³-hybridized carbons (Fsp3) is 1.00. The van der Waals surface area contributed by atoms with Gasteiger partial charge in [0.2, 0.25) is 0 Å². The minimum absolute atomic E-state index is 0.163. The molecule has 64 valence electrons. The summed E-state index contributed by atoms with van der Waals surface area (Å²) >= 11 is 0. The average Bonchev–Trinajstić information content (AvgIpc) is 2.37. The third-order valence-electron chi connectivity index (χ3n) is 4.55. The molecule has 0 radical (unpaired) electrons. The first kappa shape index (κ1) is 7.60. The van der Waals surface area contributed by atoms with Crippen LogP contribution in [0.25, 0.3) is 0 Å². The van der Waals surface area contributed by atoms with Crippen molar-refractivity contribution in [2.75, 3.05) is 0 Å². The second-order valence-electron chi connectivity index (χ2n) is 5.08. The third-order valence-corrected chi connectivity index (χ3v) is 4.55. The molecule has 0 heterocycles. The largest absolute Gasteiger partial charge is 0.389 e. The van der Waals surface area contributed by atoms with Crippen LogP contribution in [0.3, 0.4) is 0 Å². The van der Waals surface area contributed by atoms with E-state index in [1.54, 1.807) is 0 Å². The van der Waals surface area contributed by atoms with Gasteiger partial charge in [0, 0.05) is 0 Å². The predicted molar refractivity (Wildman–Crippen MR) is 45.2 cm³/mol. The van der Waals surface area contributed by atoms with Gasteiger partial charge in [-0.1, -0.05) is 13.8 Å². The van der Waals surface area contributed by atoms with E-state index in [0.717, 1.165) is 5.92 Å². The maximum Gasteiger partial charge on any atom is 0.0701 e. The summed E-state index contributed by atoms with van der Waals surface area (Å²) in [7, 11) is 0. The molecule has 0 aliphatic heterocycles. The van der Waals surface area contributed by atoms with E-state index in [0.29, 0.717) is 5.92 Å². The zero-order valence-corrected chi connectivity index (χ0v) is 7.72. The molecule has 3 atom stereocenters. The van der Waals surface area contributed by atoms with E-state index in [2.05, 4.69) is 13.8 Å². The lowest BCUT2D eigenvalue weighted by atomic mass is 9.66. The summed E-state index contributed by atoms with van der Waals surface area (Å²) in [6, 6.07) is 0. The lowest BCUT2D eigenvalue weighted by molar-refractivity contribution is -0.0904. The summed E-state index contributed by atoms with van der Waals surface area (Å²) in [5.41, 5.74) is -0.230. The van der Waals surface area contributed by atoms with Gasteiger partial charge in [0.25, 0.3) is 0 Å². The number of fused-ring (bicyclic) bond motifs is 2. The SMILES string of the molecule is CC1(C)C2CCC(C2)[C@@]1(C)O. The van der Waals surface area contributed by atoms with E-state index in [9.17, 15) is 5.11 Å². The van der Waals surface area contributed by atoms with Crippen LogP contribution in [-0.2, 0) is 0 Å². The van der Waals surface area contributed by atoms with E-state index >= 15 is 0 Å². The quantitative estimate of drug-likeness (QED) is 0.567. The molecule has 2 saturated carbocycles. The molecule has 0 aromatic carbocycles. The zero-order valence-electron chi connectivity index (χ0n) is 7.72. The molecule has 0 saturated heterocycles. The Morgan fingerprint density at radius 2 is 1.64 bits per heavy atom. The molecule has 2 rings (SSSR count). The van der Waals surface area contributed by atoms with Crippen molar-refractivity contribution in [1.29, 1.82) is 0 Å². The molecule has 1 N–H and O–H groups in total. The smallest absolute Gasteiger partial charge is 0.0701 e. The summed E-state index contributed by atoms with van der Waals surface area (Å²) in [6.07, 6.45) is 3.86. The van der Waals surface area contributed by atoms with Crippen molar-refractivity contribution in [2.24, 2.45) is 17.3 Å². The lowest BCUT2D eigenvalue weighted by Gasteiger charge is -2.43. The van der Waals surface area contributed by atoms with Gasteiger partial charge in [-0.05, 0) is 43.4 Å². The van der Waals surface area contributed by atoms with E-state index in [4.69, 9.17) is 0 Å². The van der Waals surface area contributed by atoms with Gasteiger partial charge in [-0.3, -0.25) is 0 Å². The molecular formula is C10H18O. The van der Waals surface area contributed by atoms with Crippen LogP contribution in [0.15, 0.2) is 0 Å². The van der Waals surface area contributed by atoms with Gasteiger partial charge in [-0.15, -0.1) is 0 Å². The van der Waals surface area contributed by atoms with E-state index in [1.807, 2.05) is 6.92 Å². The fourth-order valence-corrected chi connectivity index (χ4v) is 3.09. The first-order valence-corrected chi connectivity index (χ1v) is 4.68. The van der Waals surface area contributed by atoms with Crippen LogP contribution in [0.2, 0.25) is 0 Å². The Morgan fingerprint density at radius 3 is 1.91 bits per heavy atom. The Balaban J connectivity index is 2.36. The summed E-state index contributed by atoms with van der Waals surface area (Å²) < 4.78 is 0. The monoisotopic (exact) mass is 154 g/mol. The topological polar surface area (TPSA) is 20.2 Å².